The zero-order valence-electron chi connectivity index (χ0n) is 17.8. The fraction of sp³-hybridized carbons (Fsp3) is 0.524. The van der Waals surface area contributed by atoms with E-state index in [0.29, 0.717) is 19.8 Å². The number of carbonyl (C=O) groups excluding carboxylic acids is 1. The van der Waals surface area contributed by atoms with Gasteiger partial charge in [-0.1, -0.05) is 35.5 Å². The highest BCUT2D eigenvalue weighted by Crippen LogP contribution is 2.34. The number of aliphatic carboxylic acids is 1. The van der Waals surface area contributed by atoms with Crippen LogP contribution in [0.3, 0.4) is 0 Å². The highest BCUT2D eigenvalue weighted by molar-refractivity contribution is 8.00. The van der Waals surface area contributed by atoms with Crippen LogP contribution in [0.25, 0.3) is 0 Å². The highest BCUT2D eigenvalue weighted by atomic mass is 32.2. The lowest BCUT2D eigenvalue weighted by molar-refractivity contribution is -0.133. The molecule has 10 nitrogen and oxygen atoms in total. The Hall–Kier alpha value is -2.47. The summed E-state index contributed by atoms with van der Waals surface area (Å²) in [6.45, 7) is 2.27. The van der Waals surface area contributed by atoms with Gasteiger partial charge >= 0.3 is 5.97 Å². The van der Waals surface area contributed by atoms with Gasteiger partial charge in [0, 0.05) is 13.1 Å². The Balaban J connectivity index is 1.28. The number of thioether (sulfide) groups is 1. The average molecular weight is 462 g/mol. The molecule has 0 bridgehead atoms. The molecule has 2 aliphatic rings. The first kappa shape index (κ1) is 22.7. The Morgan fingerprint density at radius 3 is 2.75 bits per heavy atom. The summed E-state index contributed by atoms with van der Waals surface area (Å²) in [5.41, 5.74) is 2.11. The van der Waals surface area contributed by atoms with Crippen molar-refractivity contribution >= 4 is 23.6 Å². The van der Waals surface area contributed by atoms with Crippen molar-refractivity contribution in [3.63, 3.8) is 0 Å². The minimum Gasteiger partial charge on any atom is -0.481 e. The molecule has 2 fully saturated rings. The zero-order valence-corrected chi connectivity index (χ0v) is 18.6. The van der Waals surface area contributed by atoms with E-state index in [4.69, 9.17) is 14.6 Å². The standard InChI is InChI=1S/C21H27N5O5S/c1-25(7-14-5-3-2-4-6-14)8-15-9-26(24-23-15)17-11-31-20-16(10-30-21(17)20)22-18(27)12-32-13-19(28)29/h2-6,9,16-17,20-21H,7-8,10-13H2,1H3,(H,22,27)(H,28,29). The molecule has 2 N–H and O–H groups in total. The van der Waals surface area contributed by atoms with Crippen LogP contribution in [-0.2, 0) is 32.2 Å². The zero-order chi connectivity index (χ0) is 22.5. The number of carboxylic acid groups (broad SMARTS) is 1. The Labute approximate surface area is 190 Å². The fourth-order valence-corrected chi connectivity index (χ4v) is 4.63. The predicted octanol–water partition coefficient (Wildman–Crippen LogP) is 0.551. The molecular weight excluding hydrogens is 434 g/mol. The summed E-state index contributed by atoms with van der Waals surface area (Å²) in [7, 11) is 2.04. The van der Waals surface area contributed by atoms with Crippen molar-refractivity contribution in [2.45, 2.75) is 37.4 Å². The van der Waals surface area contributed by atoms with Gasteiger partial charge in [0.25, 0.3) is 0 Å². The minimum atomic E-state index is -0.938. The lowest BCUT2D eigenvalue weighted by Gasteiger charge is -2.17. The topological polar surface area (TPSA) is 119 Å². The number of carbonyl (C=O) groups is 2. The molecule has 32 heavy (non-hydrogen) atoms. The highest BCUT2D eigenvalue weighted by Gasteiger charge is 2.49. The summed E-state index contributed by atoms with van der Waals surface area (Å²) in [5.74, 6) is -1.17. The molecule has 11 heteroatoms. The summed E-state index contributed by atoms with van der Waals surface area (Å²) >= 11 is 1.06. The largest absolute Gasteiger partial charge is 0.481 e. The van der Waals surface area contributed by atoms with Gasteiger partial charge in [0.1, 0.15) is 18.2 Å². The number of nitrogens with one attached hydrogen (secondary N) is 1. The van der Waals surface area contributed by atoms with Gasteiger partial charge in [0.15, 0.2) is 0 Å². The van der Waals surface area contributed by atoms with Crippen LogP contribution in [-0.4, -0.2) is 86.9 Å². The summed E-state index contributed by atoms with van der Waals surface area (Å²) < 4.78 is 13.7. The molecule has 0 saturated carbocycles. The molecule has 172 valence electrons. The van der Waals surface area contributed by atoms with Crippen LogP contribution in [0.2, 0.25) is 0 Å². The number of fused-ring (bicyclic) bond motifs is 1. The van der Waals surface area contributed by atoms with Crippen LogP contribution in [0.15, 0.2) is 36.5 Å². The van der Waals surface area contributed by atoms with Crippen LogP contribution in [0.1, 0.15) is 17.3 Å². The quantitative estimate of drug-likeness (QED) is 0.523. The third kappa shape index (κ3) is 5.66. The molecule has 3 heterocycles. The van der Waals surface area contributed by atoms with E-state index in [1.807, 2.05) is 31.4 Å². The molecule has 4 rings (SSSR count). The number of nitrogens with zero attached hydrogens (tertiary/aromatic N) is 4. The number of aromatic nitrogens is 3. The first-order valence-electron chi connectivity index (χ1n) is 10.4. The van der Waals surface area contributed by atoms with Crippen LogP contribution in [0.4, 0.5) is 0 Å². The Morgan fingerprint density at radius 1 is 1.19 bits per heavy atom. The number of rotatable bonds is 10. The second-order valence-corrected chi connectivity index (χ2v) is 9.06. The van der Waals surface area contributed by atoms with Crippen molar-refractivity contribution in [2.75, 3.05) is 31.8 Å². The van der Waals surface area contributed by atoms with Crippen molar-refractivity contribution in [1.82, 2.24) is 25.2 Å². The van der Waals surface area contributed by atoms with Gasteiger partial charge in [-0.2, -0.15) is 0 Å². The molecular formula is C21H27N5O5S. The van der Waals surface area contributed by atoms with E-state index in [-0.39, 0.29) is 41.7 Å². The summed E-state index contributed by atoms with van der Waals surface area (Å²) in [4.78, 5) is 24.8. The lowest BCUT2D eigenvalue weighted by Crippen LogP contribution is -2.44. The average Bonchev–Trinajstić information content (AvgIpc) is 3.46. The van der Waals surface area contributed by atoms with E-state index < -0.39 is 5.97 Å². The maximum absolute atomic E-state index is 12.1. The first-order valence-corrected chi connectivity index (χ1v) is 11.6. The van der Waals surface area contributed by atoms with Crippen LogP contribution in [0.5, 0.6) is 0 Å². The van der Waals surface area contributed by atoms with Gasteiger partial charge in [0.05, 0.1) is 42.7 Å². The van der Waals surface area contributed by atoms with Gasteiger partial charge in [-0.3, -0.25) is 14.5 Å². The van der Waals surface area contributed by atoms with Crippen molar-refractivity contribution in [3.8, 4) is 0 Å². The Kier molecular flexibility index (Phi) is 7.40. The second kappa shape index (κ2) is 10.4. The SMILES string of the molecule is CN(Cc1ccccc1)Cc1cn(C2COC3C(NC(=O)CSCC(=O)O)COC32)nn1. The monoisotopic (exact) mass is 461 g/mol. The molecule has 2 aliphatic heterocycles. The number of benzene rings is 1. The normalized spacial score (nSPS) is 24.6. The molecule has 1 aromatic heterocycles. The smallest absolute Gasteiger partial charge is 0.313 e. The van der Waals surface area contributed by atoms with Crippen molar-refractivity contribution in [1.29, 1.82) is 0 Å². The second-order valence-electron chi connectivity index (χ2n) is 8.07. The number of amides is 1. The van der Waals surface area contributed by atoms with Crippen molar-refractivity contribution in [2.24, 2.45) is 0 Å². The number of hydrogen-bond acceptors (Lipinski definition) is 8. The fourth-order valence-electron chi connectivity index (χ4n) is 4.08. The molecule has 1 aromatic carbocycles. The molecule has 4 unspecified atom stereocenters. The van der Waals surface area contributed by atoms with E-state index in [0.717, 1.165) is 24.0 Å². The van der Waals surface area contributed by atoms with Gasteiger partial charge in [0.2, 0.25) is 5.91 Å². The third-order valence-electron chi connectivity index (χ3n) is 5.46. The van der Waals surface area contributed by atoms with Crippen molar-refractivity contribution < 1.29 is 24.2 Å². The van der Waals surface area contributed by atoms with E-state index >= 15 is 0 Å². The lowest BCUT2D eigenvalue weighted by atomic mass is 10.1. The maximum atomic E-state index is 12.1. The van der Waals surface area contributed by atoms with Gasteiger partial charge in [-0.05, 0) is 12.6 Å². The van der Waals surface area contributed by atoms with Crippen LogP contribution >= 0.6 is 11.8 Å². The molecule has 1 amide bonds. The summed E-state index contributed by atoms with van der Waals surface area (Å²) in [5, 5.41) is 20.2. The summed E-state index contributed by atoms with van der Waals surface area (Å²) in [6.07, 6.45) is 1.45. The molecule has 2 aromatic rings. The third-order valence-corrected chi connectivity index (χ3v) is 6.37. The molecule has 0 aliphatic carbocycles. The van der Waals surface area contributed by atoms with Gasteiger partial charge < -0.3 is 19.9 Å². The molecule has 4 atom stereocenters. The van der Waals surface area contributed by atoms with E-state index in [2.05, 4.69) is 32.7 Å². The minimum absolute atomic E-state index is 0.0898. The van der Waals surface area contributed by atoms with Gasteiger partial charge in [-0.15, -0.1) is 16.9 Å². The number of hydrogen-bond donors (Lipinski definition) is 2. The van der Waals surface area contributed by atoms with Gasteiger partial charge in [-0.25, -0.2) is 4.68 Å². The molecule has 0 spiro atoms. The number of carboxylic acids is 1. The van der Waals surface area contributed by atoms with Crippen LogP contribution < -0.4 is 5.32 Å². The molecule has 0 radical (unpaired) electrons. The van der Waals surface area contributed by atoms with E-state index in [1.54, 1.807) is 4.68 Å². The Morgan fingerprint density at radius 2 is 1.97 bits per heavy atom. The maximum Gasteiger partial charge on any atom is 0.313 e. The van der Waals surface area contributed by atoms with E-state index in [9.17, 15) is 9.59 Å². The van der Waals surface area contributed by atoms with Crippen molar-refractivity contribution in [3.05, 3.63) is 47.8 Å². The predicted molar refractivity (Wildman–Crippen MR) is 117 cm³/mol. The molecule has 2 saturated heterocycles. The Bertz CT molecular complexity index is 926. The van der Waals surface area contributed by atoms with E-state index in [1.165, 1.54) is 5.56 Å². The summed E-state index contributed by atoms with van der Waals surface area (Å²) in [6, 6.07) is 9.89. The van der Waals surface area contributed by atoms with Crippen LogP contribution in [0, 0.1) is 0 Å². The number of ether oxygens (including phenoxy) is 2. The first-order chi connectivity index (χ1) is 15.5.